The molecule has 0 bridgehead atoms. The Hall–Kier alpha value is -5.42. The summed E-state index contributed by atoms with van der Waals surface area (Å²) >= 11 is 3.62. The molecule has 0 aliphatic heterocycles. The summed E-state index contributed by atoms with van der Waals surface area (Å²) in [4.78, 5) is 10.7. The summed E-state index contributed by atoms with van der Waals surface area (Å²) in [5.74, 6) is 0.751. The molecule has 10 aromatic rings. The first-order chi connectivity index (χ1) is 22.8. The van der Waals surface area contributed by atoms with Gasteiger partial charge in [0.25, 0.3) is 0 Å². The number of hydrogen-bond donors (Lipinski definition) is 0. The quantitative estimate of drug-likeness (QED) is 0.196. The molecule has 7 aromatic carbocycles. The van der Waals surface area contributed by atoms with Gasteiger partial charge < -0.3 is 0 Å². The van der Waals surface area contributed by atoms with Gasteiger partial charge in [0, 0.05) is 41.4 Å². The standard InChI is InChI=1S/C42H24N2S2/c1-3-11-27-21-29(19-17-25(27)9-1)34-23-31(24-37-38(34)32-13-5-7-15-35(32)45-37)42-43-39(30-20-18-26-10-2-4-12-28(26)22-30)41-40(44-42)33-14-6-8-16-36(33)46-41/h1-24H. The van der Waals surface area contributed by atoms with E-state index in [0.29, 0.717) is 0 Å². The van der Waals surface area contributed by atoms with Crippen LogP contribution in [0.5, 0.6) is 0 Å². The van der Waals surface area contributed by atoms with E-state index in [1.807, 2.05) is 11.3 Å². The Bertz CT molecular complexity index is 2820. The molecule has 0 aliphatic carbocycles. The van der Waals surface area contributed by atoms with Gasteiger partial charge in [0.1, 0.15) is 0 Å². The van der Waals surface area contributed by atoms with Crippen LogP contribution in [0.1, 0.15) is 0 Å². The maximum Gasteiger partial charge on any atom is 0.160 e. The van der Waals surface area contributed by atoms with Crippen molar-refractivity contribution in [3.8, 4) is 33.8 Å². The second-order valence-corrected chi connectivity index (χ2v) is 13.9. The summed E-state index contributed by atoms with van der Waals surface area (Å²) in [5.41, 5.74) is 6.54. The lowest BCUT2D eigenvalue weighted by molar-refractivity contribution is 1.24. The molecule has 0 fully saturated rings. The Morgan fingerprint density at radius 2 is 1.02 bits per heavy atom. The van der Waals surface area contributed by atoms with Crippen LogP contribution in [0.2, 0.25) is 0 Å². The lowest BCUT2D eigenvalue weighted by Gasteiger charge is -2.12. The Morgan fingerprint density at radius 1 is 0.413 bits per heavy atom. The lowest BCUT2D eigenvalue weighted by Crippen LogP contribution is -1.94. The topological polar surface area (TPSA) is 25.8 Å². The van der Waals surface area contributed by atoms with Crippen molar-refractivity contribution in [3.05, 3.63) is 146 Å². The Balaban J connectivity index is 1.28. The number of hydrogen-bond acceptors (Lipinski definition) is 4. The third kappa shape index (κ3) is 4.01. The van der Waals surface area contributed by atoms with Crippen molar-refractivity contribution in [2.24, 2.45) is 0 Å². The van der Waals surface area contributed by atoms with Crippen LogP contribution in [0, 0.1) is 0 Å². The van der Waals surface area contributed by atoms with Crippen LogP contribution in [-0.2, 0) is 0 Å². The average molecular weight is 621 g/mol. The van der Waals surface area contributed by atoms with Gasteiger partial charge in [-0.3, -0.25) is 0 Å². The van der Waals surface area contributed by atoms with Crippen LogP contribution in [0.4, 0.5) is 0 Å². The zero-order valence-corrected chi connectivity index (χ0v) is 26.2. The molecule has 3 heterocycles. The van der Waals surface area contributed by atoms with Crippen molar-refractivity contribution in [1.82, 2.24) is 9.97 Å². The number of aromatic nitrogens is 2. The van der Waals surface area contributed by atoms with Crippen LogP contribution in [0.15, 0.2) is 146 Å². The highest BCUT2D eigenvalue weighted by Crippen LogP contribution is 2.44. The van der Waals surface area contributed by atoms with Gasteiger partial charge in [-0.25, -0.2) is 9.97 Å². The third-order valence-electron chi connectivity index (χ3n) is 9.04. The molecule has 0 amide bonds. The van der Waals surface area contributed by atoms with Gasteiger partial charge >= 0.3 is 0 Å². The lowest BCUT2D eigenvalue weighted by atomic mass is 9.95. The predicted molar refractivity (Wildman–Crippen MR) is 199 cm³/mol. The van der Waals surface area contributed by atoms with E-state index in [4.69, 9.17) is 9.97 Å². The van der Waals surface area contributed by atoms with Gasteiger partial charge in [-0.05, 0) is 69.1 Å². The van der Waals surface area contributed by atoms with Crippen molar-refractivity contribution in [3.63, 3.8) is 0 Å². The number of nitrogens with zero attached hydrogens (tertiary/aromatic N) is 2. The molecular formula is C42H24N2S2. The maximum atomic E-state index is 5.39. The molecule has 3 aromatic heterocycles. The van der Waals surface area contributed by atoms with E-state index in [-0.39, 0.29) is 0 Å². The second kappa shape index (κ2) is 10.0. The second-order valence-electron chi connectivity index (χ2n) is 11.8. The van der Waals surface area contributed by atoms with Gasteiger partial charge in [0.2, 0.25) is 0 Å². The minimum atomic E-state index is 0.751. The van der Waals surface area contributed by atoms with Gasteiger partial charge in [-0.15, -0.1) is 22.7 Å². The fourth-order valence-electron chi connectivity index (χ4n) is 6.82. The highest BCUT2D eigenvalue weighted by molar-refractivity contribution is 7.26. The van der Waals surface area contributed by atoms with Crippen LogP contribution < -0.4 is 0 Å². The number of rotatable bonds is 3. The zero-order valence-electron chi connectivity index (χ0n) is 24.6. The van der Waals surface area contributed by atoms with Crippen LogP contribution in [-0.4, -0.2) is 9.97 Å². The minimum absolute atomic E-state index is 0.751. The maximum absolute atomic E-state index is 5.39. The van der Waals surface area contributed by atoms with E-state index in [0.717, 1.165) is 32.9 Å². The number of benzene rings is 7. The molecule has 0 saturated carbocycles. The summed E-state index contributed by atoms with van der Waals surface area (Å²) in [7, 11) is 0. The normalized spacial score (nSPS) is 11.9. The highest BCUT2D eigenvalue weighted by atomic mass is 32.1. The summed E-state index contributed by atoms with van der Waals surface area (Å²) in [6, 6.07) is 52.5. The molecule has 0 spiro atoms. The molecule has 0 unspecified atom stereocenters. The fourth-order valence-corrected chi connectivity index (χ4v) is 9.15. The summed E-state index contributed by atoms with van der Waals surface area (Å²) in [6.45, 7) is 0. The largest absolute Gasteiger partial charge is 0.226 e. The molecular weight excluding hydrogens is 597 g/mol. The van der Waals surface area contributed by atoms with Crippen LogP contribution >= 0.6 is 22.7 Å². The number of fused-ring (bicyclic) bond motifs is 8. The van der Waals surface area contributed by atoms with Gasteiger partial charge in [0.05, 0.1) is 15.9 Å². The summed E-state index contributed by atoms with van der Waals surface area (Å²) in [6.07, 6.45) is 0. The van der Waals surface area contributed by atoms with Gasteiger partial charge in [0.15, 0.2) is 5.82 Å². The molecule has 10 rings (SSSR count). The van der Waals surface area contributed by atoms with Crippen molar-refractivity contribution < 1.29 is 0 Å². The molecule has 214 valence electrons. The Morgan fingerprint density at radius 3 is 1.78 bits per heavy atom. The first kappa shape index (κ1) is 25.9. The first-order valence-corrected chi connectivity index (χ1v) is 17.0. The summed E-state index contributed by atoms with van der Waals surface area (Å²) in [5, 5.41) is 8.66. The molecule has 0 saturated heterocycles. The Labute approximate surface area is 272 Å². The van der Waals surface area contributed by atoms with Crippen LogP contribution in [0.3, 0.4) is 0 Å². The SMILES string of the molecule is c1ccc2cc(-c3nc(-c4cc(-c5ccc6ccccc6c5)c5c(c4)sc4ccccc45)nc4c3sc3ccccc34)ccc2c1. The van der Waals surface area contributed by atoms with E-state index < -0.39 is 0 Å². The third-order valence-corrected chi connectivity index (χ3v) is 11.3. The average Bonchev–Trinajstić information content (AvgIpc) is 3.69. The van der Waals surface area contributed by atoms with Crippen LogP contribution in [0.25, 0.3) is 95.8 Å². The molecule has 0 N–H and O–H groups in total. The molecule has 0 atom stereocenters. The molecule has 0 aliphatic rings. The van der Waals surface area contributed by atoms with Crippen molar-refractivity contribution in [2.75, 3.05) is 0 Å². The fraction of sp³-hybridized carbons (Fsp3) is 0. The minimum Gasteiger partial charge on any atom is -0.226 e. The van der Waals surface area contributed by atoms with E-state index in [1.54, 1.807) is 11.3 Å². The molecule has 4 heteroatoms. The van der Waals surface area contributed by atoms with Crippen molar-refractivity contribution in [1.29, 1.82) is 0 Å². The molecule has 46 heavy (non-hydrogen) atoms. The first-order valence-electron chi connectivity index (χ1n) is 15.4. The Kier molecular flexibility index (Phi) is 5.65. The summed E-state index contributed by atoms with van der Waals surface area (Å²) < 4.78 is 4.88. The van der Waals surface area contributed by atoms with Crippen molar-refractivity contribution >= 4 is 84.7 Å². The zero-order chi connectivity index (χ0) is 30.2. The predicted octanol–water partition coefficient (Wildman–Crippen LogP) is 12.5. The number of thiophene rings is 2. The van der Waals surface area contributed by atoms with Gasteiger partial charge in [-0.2, -0.15) is 0 Å². The van der Waals surface area contributed by atoms with E-state index in [1.165, 1.54) is 62.9 Å². The van der Waals surface area contributed by atoms with E-state index >= 15 is 0 Å². The van der Waals surface area contributed by atoms with Crippen molar-refractivity contribution in [2.45, 2.75) is 0 Å². The highest BCUT2D eigenvalue weighted by Gasteiger charge is 2.19. The van der Waals surface area contributed by atoms with E-state index in [2.05, 4.69) is 146 Å². The van der Waals surface area contributed by atoms with E-state index in [9.17, 15) is 0 Å². The molecule has 0 radical (unpaired) electrons. The monoisotopic (exact) mass is 620 g/mol. The smallest absolute Gasteiger partial charge is 0.160 e. The molecule has 2 nitrogen and oxygen atoms in total. The van der Waals surface area contributed by atoms with Gasteiger partial charge in [-0.1, -0.05) is 109 Å².